The minimum absolute atomic E-state index is 0.0412. The van der Waals surface area contributed by atoms with Crippen LogP contribution < -0.4 is 5.32 Å². The maximum absolute atomic E-state index is 12.9. The van der Waals surface area contributed by atoms with Gasteiger partial charge in [-0.2, -0.15) is 0 Å². The van der Waals surface area contributed by atoms with Crippen LogP contribution in [0.25, 0.3) is 0 Å². The molecule has 1 saturated heterocycles. The summed E-state index contributed by atoms with van der Waals surface area (Å²) in [6, 6.07) is 2.09. The zero-order valence-corrected chi connectivity index (χ0v) is 13.8. The standard InChI is InChI=1S/C16H22N2O2S/c1-9-7-13(11(3)21-9)10(2)18-8-14(19)17-16(4,15(18)20)12-5-6-12/h7,10,12H,5-6,8H2,1-4H3,(H,17,19). The molecular weight excluding hydrogens is 284 g/mol. The van der Waals surface area contributed by atoms with E-state index in [0.717, 1.165) is 12.8 Å². The predicted molar refractivity (Wildman–Crippen MR) is 83.2 cm³/mol. The van der Waals surface area contributed by atoms with Crippen LogP contribution in [0.15, 0.2) is 6.07 Å². The number of thiophene rings is 1. The first-order valence-electron chi connectivity index (χ1n) is 7.52. The highest BCUT2D eigenvalue weighted by atomic mass is 32.1. The van der Waals surface area contributed by atoms with Gasteiger partial charge in [0.05, 0.1) is 6.04 Å². The SMILES string of the molecule is Cc1cc(C(C)N2CC(=O)NC(C)(C3CC3)C2=O)c(C)s1. The van der Waals surface area contributed by atoms with Gasteiger partial charge < -0.3 is 10.2 Å². The van der Waals surface area contributed by atoms with Crippen LogP contribution in [0.1, 0.15) is 48.0 Å². The van der Waals surface area contributed by atoms with Crippen LogP contribution in [-0.2, 0) is 9.59 Å². The molecule has 1 saturated carbocycles. The number of piperazine rings is 1. The summed E-state index contributed by atoms with van der Waals surface area (Å²) >= 11 is 1.74. The Morgan fingerprint density at radius 1 is 1.38 bits per heavy atom. The number of nitrogens with zero attached hydrogens (tertiary/aromatic N) is 1. The molecule has 4 nitrogen and oxygen atoms in total. The van der Waals surface area contributed by atoms with Crippen LogP contribution in [0.2, 0.25) is 0 Å². The van der Waals surface area contributed by atoms with E-state index in [1.54, 1.807) is 16.2 Å². The molecule has 2 fully saturated rings. The van der Waals surface area contributed by atoms with Crippen LogP contribution >= 0.6 is 11.3 Å². The minimum atomic E-state index is -0.706. The summed E-state index contributed by atoms with van der Waals surface area (Å²) in [5.74, 6) is 0.329. The van der Waals surface area contributed by atoms with Gasteiger partial charge in [0.2, 0.25) is 11.8 Å². The number of carbonyl (C=O) groups excluding carboxylic acids is 2. The lowest BCUT2D eigenvalue weighted by Crippen LogP contribution is -2.66. The molecule has 2 atom stereocenters. The van der Waals surface area contributed by atoms with Gasteiger partial charge in [-0.1, -0.05) is 0 Å². The number of hydrogen-bond donors (Lipinski definition) is 1. The van der Waals surface area contributed by atoms with Crippen molar-refractivity contribution in [3.63, 3.8) is 0 Å². The molecule has 1 aromatic rings. The fraction of sp³-hybridized carbons (Fsp3) is 0.625. The van der Waals surface area contributed by atoms with Crippen LogP contribution in [0.4, 0.5) is 0 Å². The van der Waals surface area contributed by atoms with Gasteiger partial charge in [-0.15, -0.1) is 11.3 Å². The summed E-state index contributed by atoms with van der Waals surface area (Å²) in [6.45, 7) is 8.23. The summed E-state index contributed by atoms with van der Waals surface area (Å²) in [5.41, 5.74) is 0.460. The molecule has 1 aromatic heterocycles. The maximum Gasteiger partial charge on any atom is 0.249 e. The minimum Gasteiger partial charge on any atom is -0.340 e. The van der Waals surface area contributed by atoms with Crippen molar-refractivity contribution in [1.29, 1.82) is 0 Å². The third-order valence-electron chi connectivity index (χ3n) is 4.81. The van der Waals surface area contributed by atoms with Crippen molar-refractivity contribution < 1.29 is 9.59 Å². The molecule has 2 unspecified atom stereocenters. The topological polar surface area (TPSA) is 49.4 Å². The molecule has 0 radical (unpaired) electrons. The second kappa shape index (κ2) is 4.83. The van der Waals surface area contributed by atoms with Gasteiger partial charge >= 0.3 is 0 Å². The summed E-state index contributed by atoms with van der Waals surface area (Å²) in [4.78, 5) is 29.2. The Morgan fingerprint density at radius 2 is 2.05 bits per heavy atom. The Balaban J connectivity index is 1.91. The first-order chi connectivity index (χ1) is 9.83. The number of amides is 2. The Morgan fingerprint density at radius 3 is 2.57 bits per heavy atom. The zero-order chi connectivity index (χ0) is 15.4. The highest BCUT2D eigenvalue weighted by Crippen LogP contribution is 2.43. The van der Waals surface area contributed by atoms with E-state index < -0.39 is 5.54 Å². The molecule has 1 aliphatic heterocycles. The van der Waals surface area contributed by atoms with E-state index in [-0.39, 0.29) is 24.4 Å². The van der Waals surface area contributed by atoms with Crippen molar-refractivity contribution in [2.45, 2.75) is 52.1 Å². The van der Waals surface area contributed by atoms with Crippen molar-refractivity contribution >= 4 is 23.2 Å². The van der Waals surface area contributed by atoms with E-state index in [0.29, 0.717) is 5.92 Å². The van der Waals surface area contributed by atoms with Crippen molar-refractivity contribution in [3.8, 4) is 0 Å². The average Bonchev–Trinajstić information content (AvgIpc) is 3.19. The van der Waals surface area contributed by atoms with Crippen LogP contribution in [0, 0.1) is 19.8 Å². The molecule has 21 heavy (non-hydrogen) atoms. The summed E-state index contributed by atoms with van der Waals surface area (Å²) in [6.07, 6.45) is 2.06. The first-order valence-corrected chi connectivity index (χ1v) is 8.33. The monoisotopic (exact) mass is 306 g/mol. The van der Waals surface area contributed by atoms with Gasteiger partial charge in [-0.05, 0) is 58.1 Å². The highest BCUT2D eigenvalue weighted by Gasteiger charge is 2.53. The zero-order valence-electron chi connectivity index (χ0n) is 13.0. The lowest BCUT2D eigenvalue weighted by molar-refractivity contribution is -0.152. The second-order valence-corrected chi connectivity index (χ2v) is 7.96. The molecular formula is C16H22N2O2S. The third-order valence-corrected chi connectivity index (χ3v) is 5.79. The van der Waals surface area contributed by atoms with Gasteiger partial charge in [-0.3, -0.25) is 9.59 Å². The van der Waals surface area contributed by atoms with E-state index in [1.165, 1.54) is 15.3 Å². The van der Waals surface area contributed by atoms with Gasteiger partial charge in [0.15, 0.2) is 0 Å². The number of nitrogens with one attached hydrogen (secondary N) is 1. The molecule has 2 amide bonds. The third kappa shape index (κ3) is 2.37. The Labute approximate surface area is 129 Å². The summed E-state index contributed by atoms with van der Waals surface area (Å²) in [7, 11) is 0. The molecule has 0 aromatic carbocycles. The lowest BCUT2D eigenvalue weighted by atomic mass is 9.90. The van der Waals surface area contributed by atoms with E-state index >= 15 is 0 Å². The van der Waals surface area contributed by atoms with E-state index in [9.17, 15) is 9.59 Å². The van der Waals surface area contributed by atoms with E-state index in [4.69, 9.17) is 0 Å². The number of carbonyl (C=O) groups is 2. The van der Waals surface area contributed by atoms with Crippen molar-refractivity contribution in [1.82, 2.24) is 10.2 Å². The molecule has 0 spiro atoms. The van der Waals surface area contributed by atoms with Crippen LogP contribution in [0.3, 0.4) is 0 Å². The van der Waals surface area contributed by atoms with Gasteiger partial charge in [0.25, 0.3) is 0 Å². The van der Waals surface area contributed by atoms with Crippen molar-refractivity contribution in [2.75, 3.05) is 6.54 Å². The lowest BCUT2D eigenvalue weighted by Gasteiger charge is -2.42. The van der Waals surface area contributed by atoms with Gasteiger partial charge in [-0.25, -0.2) is 0 Å². The van der Waals surface area contributed by atoms with Crippen LogP contribution in [-0.4, -0.2) is 28.8 Å². The average molecular weight is 306 g/mol. The predicted octanol–water partition coefficient (Wildman–Crippen LogP) is 2.55. The molecule has 3 rings (SSSR count). The molecule has 2 heterocycles. The number of hydrogen-bond acceptors (Lipinski definition) is 3. The largest absolute Gasteiger partial charge is 0.340 e. The highest BCUT2D eigenvalue weighted by molar-refractivity contribution is 7.12. The number of aryl methyl sites for hydroxylation is 2. The molecule has 5 heteroatoms. The smallest absolute Gasteiger partial charge is 0.249 e. The summed E-state index contributed by atoms with van der Waals surface area (Å²) in [5, 5.41) is 2.93. The molecule has 114 valence electrons. The van der Waals surface area contributed by atoms with Gasteiger partial charge in [0, 0.05) is 9.75 Å². The van der Waals surface area contributed by atoms with E-state index in [1.807, 2.05) is 13.8 Å². The van der Waals surface area contributed by atoms with Crippen LogP contribution in [0.5, 0.6) is 0 Å². The fourth-order valence-corrected chi connectivity index (χ4v) is 4.41. The Bertz CT molecular complexity index is 605. The Hall–Kier alpha value is -1.36. The maximum atomic E-state index is 12.9. The van der Waals surface area contributed by atoms with Crippen molar-refractivity contribution in [3.05, 3.63) is 21.4 Å². The normalized spacial score (nSPS) is 27.7. The quantitative estimate of drug-likeness (QED) is 0.933. The first kappa shape index (κ1) is 14.6. The fourth-order valence-electron chi connectivity index (χ4n) is 3.39. The van der Waals surface area contributed by atoms with Crippen molar-refractivity contribution in [2.24, 2.45) is 5.92 Å². The molecule has 1 aliphatic carbocycles. The number of rotatable bonds is 3. The summed E-state index contributed by atoms with van der Waals surface area (Å²) < 4.78 is 0. The molecule has 2 aliphatic rings. The molecule has 1 N–H and O–H groups in total. The molecule has 0 bridgehead atoms. The van der Waals surface area contributed by atoms with Gasteiger partial charge in [0.1, 0.15) is 12.1 Å². The van der Waals surface area contributed by atoms with E-state index in [2.05, 4.69) is 25.2 Å². The second-order valence-electron chi connectivity index (χ2n) is 6.50. The Kier molecular flexibility index (Phi) is 3.35.